The molecule has 0 N–H and O–H groups in total. The van der Waals surface area contributed by atoms with Crippen molar-refractivity contribution >= 4 is 17.6 Å². The second-order valence-corrected chi connectivity index (χ2v) is 6.80. The standard InChI is InChI=1S/C22H25FN2O3/c1-2-18(17-8-4-3-5-9-17)22(27)28-16-21(26)25-14-12-24(13-15-25)20-11-7-6-10-19(20)23/h3-11,18H,2,12-16H2,1H3/t18-/m0/s1. The molecule has 28 heavy (non-hydrogen) atoms. The molecule has 0 bridgehead atoms. The van der Waals surface area contributed by atoms with Crippen LogP contribution >= 0.6 is 0 Å². The fourth-order valence-corrected chi connectivity index (χ4v) is 3.45. The number of hydrogen-bond donors (Lipinski definition) is 0. The van der Waals surface area contributed by atoms with Crippen LogP contribution in [0.1, 0.15) is 24.8 Å². The number of piperazine rings is 1. The highest BCUT2D eigenvalue weighted by Crippen LogP contribution is 2.22. The summed E-state index contributed by atoms with van der Waals surface area (Å²) in [7, 11) is 0. The Balaban J connectivity index is 1.49. The number of anilines is 1. The van der Waals surface area contributed by atoms with E-state index >= 15 is 0 Å². The zero-order valence-electron chi connectivity index (χ0n) is 16.0. The zero-order chi connectivity index (χ0) is 19.9. The molecule has 2 aromatic carbocycles. The van der Waals surface area contributed by atoms with Crippen molar-refractivity contribution in [2.75, 3.05) is 37.7 Å². The van der Waals surface area contributed by atoms with Gasteiger partial charge < -0.3 is 14.5 Å². The predicted octanol–water partition coefficient (Wildman–Crippen LogP) is 3.21. The van der Waals surface area contributed by atoms with E-state index in [-0.39, 0.29) is 30.2 Å². The molecule has 0 aliphatic carbocycles. The van der Waals surface area contributed by atoms with E-state index in [9.17, 15) is 14.0 Å². The fraction of sp³-hybridized carbons (Fsp3) is 0.364. The lowest BCUT2D eigenvalue weighted by molar-refractivity contribution is -0.153. The number of benzene rings is 2. The Morgan fingerprint density at radius 2 is 1.64 bits per heavy atom. The number of ether oxygens (including phenoxy) is 1. The lowest BCUT2D eigenvalue weighted by Crippen LogP contribution is -2.50. The Labute approximate surface area is 164 Å². The van der Waals surface area contributed by atoms with Crippen molar-refractivity contribution in [2.45, 2.75) is 19.3 Å². The van der Waals surface area contributed by atoms with Crippen LogP contribution in [0.25, 0.3) is 0 Å². The van der Waals surface area contributed by atoms with Gasteiger partial charge in [0, 0.05) is 26.2 Å². The molecule has 148 valence electrons. The van der Waals surface area contributed by atoms with Gasteiger partial charge in [-0.25, -0.2) is 4.39 Å². The minimum absolute atomic E-state index is 0.218. The maximum atomic E-state index is 13.9. The zero-order valence-corrected chi connectivity index (χ0v) is 16.0. The summed E-state index contributed by atoms with van der Waals surface area (Å²) in [5.41, 5.74) is 1.44. The minimum Gasteiger partial charge on any atom is -0.455 e. The Bertz CT molecular complexity index is 804. The van der Waals surface area contributed by atoms with Crippen LogP contribution < -0.4 is 4.90 Å². The van der Waals surface area contributed by atoms with Gasteiger partial charge >= 0.3 is 5.97 Å². The third kappa shape index (κ3) is 4.68. The molecular weight excluding hydrogens is 359 g/mol. The number of esters is 1. The highest BCUT2D eigenvalue weighted by atomic mass is 19.1. The summed E-state index contributed by atoms with van der Waals surface area (Å²) in [5.74, 6) is -1.23. The lowest BCUT2D eigenvalue weighted by atomic mass is 9.97. The third-order valence-electron chi connectivity index (χ3n) is 5.06. The van der Waals surface area contributed by atoms with Crippen LogP contribution in [0.5, 0.6) is 0 Å². The largest absolute Gasteiger partial charge is 0.455 e. The fourth-order valence-electron chi connectivity index (χ4n) is 3.45. The lowest BCUT2D eigenvalue weighted by Gasteiger charge is -2.36. The molecular formula is C22H25FN2O3. The van der Waals surface area contributed by atoms with E-state index in [0.717, 1.165) is 5.56 Å². The number of amides is 1. The first kappa shape index (κ1) is 19.9. The summed E-state index contributed by atoms with van der Waals surface area (Å²) in [6.07, 6.45) is 0.609. The van der Waals surface area contributed by atoms with Crippen molar-refractivity contribution in [3.8, 4) is 0 Å². The van der Waals surface area contributed by atoms with Gasteiger partial charge in [0.25, 0.3) is 5.91 Å². The number of para-hydroxylation sites is 1. The highest BCUT2D eigenvalue weighted by Gasteiger charge is 2.25. The Morgan fingerprint density at radius 3 is 2.29 bits per heavy atom. The molecule has 2 aromatic rings. The molecule has 0 unspecified atom stereocenters. The van der Waals surface area contributed by atoms with Gasteiger partial charge in [0.2, 0.25) is 0 Å². The van der Waals surface area contributed by atoms with Gasteiger partial charge in [0.1, 0.15) is 5.82 Å². The van der Waals surface area contributed by atoms with E-state index in [2.05, 4.69) is 0 Å². The maximum Gasteiger partial charge on any atom is 0.313 e. The van der Waals surface area contributed by atoms with Gasteiger partial charge in [0.15, 0.2) is 6.61 Å². The minimum atomic E-state index is -0.382. The highest BCUT2D eigenvalue weighted by molar-refractivity contribution is 5.83. The molecule has 0 radical (unpaired) electrons. The Kier molecular flexibility index (Phi) is 6.63. The molecule has 6 heteroatoms. The molecule has 1 aliphatic rings. The predicted molar refractivity (Wildman–Crippen MR) is 106 cm³/mol. The second-order valence-electron chi connectivity index (χ2n) is 6.80. The van der Waals surface area contributed by atoms with Crippen LogP contribution in [0.2, 0.25) is 0 Å². The number of nitrogens with zero attached hydrogens (tertiary/aromatic N) is 2. The van der Waals surface area contributed by atoms with Crippen molar-refractivity contribution in [2.24, 2.45) is 0 Å². The first-order valence-electron chi connectivity index (χ1n) is 9.59. The summed E-state index contributed by atoms with van der Waals surface area (Å²) >= 11 is 0. The number of carbonyl (C=O) groups excluding carboxylic acids is 2. The average Bonchev–Trinajstić information content (AvgIpc) is 2.74. The molecule has 1 aliphatic heterocycles. The molecule has 1 atom stereocenters. The van der Waals surface area contributed by atoms with Crippen molar-refractivity contribution in [3.05, 3.63) is 66.0 Å². The molecule has 0 saturated carbocycles. The summed E-state index contributed by atoms with van der Waals surface area (Å²) in [5, 5.41) is 0. The molecule has 1 amide bonds. The van der Waals surface area contributed by atoms with Crippen molar-refractivity contribution in [1.29, 1.82) is 0 Å². The first-order valence-corrected chi connectivity index (χ1v) is 9.59. The van der Waals surface area contributed by atoms with Crippen LogP contribution in [-0.4, -0.2) is 49.6 Å². The van der Waals surface area contributed by atoms with Crippen molar-refractivity contribution in [3.63, 3.8) is 0 Å². The monoisotopic (exact) mass is 384 g/mol. The van der Waals surface area contributed by atoms with E-state index in [0.29, 0.717) is 38.3 Å². The molecule has 1 fully saturated rings. The van der Waals surface area contributed by atoms with Gasteiger partial charge in [-0.3, -0.25) is 9.59 Å². The van der Waals surface area contributed by atoms with Crippen LogP contribution in [0.3, 0.4) is 0 Å². The van der Waals surface area contributed by atoms with Gasteiger partial charge in [-0.1, -0.05) is 49.4 Å². The summed E-state index contributed by atoms with van der Waals surface area (Å²) < 4.78 is 19.2. The smallest absolute Gasteiger partial charge is 0.313 e. The normalized spacial score (nSPS) is 15.2. The number of carbonyl (C=O) groups is 2. The van der Waals surface area contributed by atoms with E-state index < -0.39 is 0 Å². The number of halogens is 1. The van der Waals surface area contributed by atoms with Crippen LogP contribution in [0.4, 0.5) is 10.1 Å². The SMILES string of the molecule is CC[C@H](C(=O)OCC(=O)N1CCN(c2ccccc2F)CC1)c1ccccc1. The van der Waals surface area contributed by atoms with Crippen LogP contribution in [0.15, 0.2) is 54.6 Å². The topological polar surface area (TPSA) is 49.9 Å². The van der Waals surface area contributed by atoms with E-state index in [4.69, 9.17) is 4.74 Å². The van der Waals surface area contributed by atoms with E-state index in [1.54, 1.807) is 23.1 Å². The quantitative estimate of drug-likeness (QED) is 0.718. The van der Waals surface area contributed by atoms with Crippen molar-refractivity contribution in [1.82, 2.24) is 4.90 Å². The van der Waals surface area contributed by atoms with Gasteiger partial charge in [0.05, 0.1) is 11.6 Å². The molecule has 0 aromatic heterocycles. The molecule has 0 spiro atoms. The second kappa shape index (κ2) is 9.35. The van der Waals surface area contributed by atoms with Gasteiger partial charge in [-0.15, -0.1) is 0 Å². The third-order valence-corrected chi connectivity index (χ3v) is 5.06. The number of rotatable bonds is 6. The van der Waals surface area contributed by atoms with Crippen molar-refractivity contribution < 1.29 is 18.7 Å². The van der Waals surface area contributed by atoms with E-state index in [1.807, 2.05) is 42.2 Å². The first-order chi connectivity index (χ1) is 13.6. The number of hydrogen-bond acceptors (Lipinski definition) is 4. The van der Waals surface area contributed by atoms with Crippen LogP contribution in [-0.2, 0) is 14.3 Å². The molecule has 5 nitrogen and oxygen atoms in total. The average molecular weight is 384 g/mol. The van der Waals surface area contributed by atoms with Crippen LogP contribution in [0, 0.1) is 5.82 Å². The molecule has 1 saturated heterocycles. The summed E-state index contributed by atoms with van der Waals surface area (Å²) in [6.45, 7) is 3.69. The Morgan fingerprint density at radius 1 is 1.00 bits per heavy atom. The molecule has 3 rings (SSSR count). The molecule has 1 heterocycles. The van der Waals surface area contributed by atoms with Gasteiger partial charge in [-0.2, -0.15) is 0 Å². The van der Waals surface area contributed by atoms with Gasteiger partial charge in [-0.05, 0) is 24.1 Å². The Hall–Kier alpha value is -2.89. The summed E-state index contributed by atoms with van der Waals surface area (Å²) in [4.78, 5) is 28.4. The van der Waals surface area contributed by atoms with E-state index in [1.165, 1.54) is 6.07 Å². The maximum absolute atomic E-state index is 13.9. The summed E-state index contributed by atoms with van der Waals surface area (Å²) in [6, 6.07) is 16.1.